The molecule has 78 valence electrons. The molecule has 6 heteroatoms. The molecule has 0 aliphatic carbocycles. The van der Waals surface area contributed by atoms with Crippen LogP contribution in [0.3, 0.4) is 0 Å². The van der Waals surface area contributed by atoms with Crippen molar-refractivity contribution in [3.05, 3.63) is 27.3 Å². The maximum absolute atomic E-state index is 13.3. The van der Waals surface area contributed by atoms with Crippen LogP contribution in [0, 0.1) is 19.8 Å². The van der Waals surface area contributed by atoms with Crippen molar-refractivity contribution < 1.29 is 4.39 Å². The van der Waals surface area contributed by atoms with E-state index in [-0.39, 0.29) is 0 Å². The van der Waals surface area contributed by atoms with Gasteiger partial charge in [0.05, 0.1) is 20.1 Å². The number of nitrogens with zero attached hydrogens (tertiary/aromatic N) is 3. The molecule has 0 bridgehead atoms. The summed E-state index contributed by atoms with van der Waals surface area (Å²) in [5.74, 6) is -0.151. The first-order valence-electron chi connectivity index (χ1n) is 4.20. The van der Waals surface area contributed by atoms with Crippen molar-refractivity contribution in [3.8, 4) is 10.7 Å². The zero-order valence-electron chi connectivity index (χ0n) is 8.08. The van der Waals surface area contributed by atoms with Gasteiger partial charge in [-0.2, -0.15) is 9.37 Å². The van der Waals surface area contributed by atoms with Crippen LogP contribution in [-0.2, 0) is 0 Å². The summed E-state index contributed by atoms with van der Waals surface area (Å²) in [6, 6.07) is 0. The van der Waals surface area contributed by atoms with Gasteiger partial charge in [-0.3, -0.25) is 0 Å². The van der Waals surface area contributed by atoms with Gasteiger partial charge in [0, 0.05) is 6.20 Å². The summed E-state index contributed by atoms with van der Waals surface area (Å²) in [5, 5.41) is 0.912. The number of halogens is 2. The Labute approximate surface area is 98.6 Å². The number of hydrogen-bond acceptors (Lipinski definition) is 4. The lowest BCUT2D eigenvalue weighted by atomic mass is 10.4. The van der Waals surface area contributed by atoms with Crippen molar-refractivity contribution >= 4 is 27.3 Å². The van der Waals surface area contributed by atoms with Crippen LogP contribution in [0.4, 0.5) is 4.39 Å². The summed E-state index contributed by atoms with van der Waals surface area (Å²) in [4.78, 5) is 12.8. The maximum Gasteiger partial charge on any atom is 0.231 e. The summed E-state index contributed by atoms with van der Waals surface area (Å²) < 4.78 is 13.6. The average molecular weight is 288 g/mol. The number of hydrogen-bond donors (Lipinski definition) is 0. The van der Waals surface area contributed by atoms with Gasteiger partial charge < -0.3 is 0 Å². The molecule has 2 aromatic rings. The third-order valence-electron chi connectivity index (χ3n) is 1.82. The molecule has 2 heterocycles. The highest BCUT2D eigenvalue weighted by molar-refractivity contribution is 9.10. The monoisotopic (exact) mass is 287 g/mol. The second-order valence-corrected chi connectivity index (χ2v) is 5.01. The second kappa shape index (κ2) is 3.94. The first-order valence-corrected chi connectivity index (χ1v) is 5.81. The fourth-order valence-electron chi connectivity index (χ4n) is 1.10. The largest absolute Gasteiger partial charge is 0.249 e. The summed E-state index contributed by atoms with van der Waals surface area (Å²) in [7, 11) is 0. The molecule has 0 aliphatic rings. The number of rotatable bonds is 1. The van der Waals surface area contributed by atoms with Gasteiger partial charge in [0.2, 0.25) is 5.95 Å². The predicted molar refractivity (Wildman–Crippen MR) is 60.3 cm³/mol. The highest BCUT2D eigenvalue weighted by atomic mass is 79.9. The van der Waals surface area contributed by atoms with Crippen LogP contribution in [0.5, 0.6) is 0 Å². The second-order valence-electron chi connectivity index (χ2n) is 2.98. The zero-order valence-corrected chi connectivity index (χ0v) is 10.5. The van der Waals surface area contributed by atoms with Crippen molar-refractivity contribution in [2.75, 3.05) is 0 Å². The number of thiazole rings is 1. The normalized spacial score (nSPS) is 10.7. The lowest BCUT2D eigenvalue weighted by molar-refractivity contribution is 0.572. The molecule has 0 saturated heterocycles. The van der Waals surface area contributed by atoms with E-state index in [4.69, 9.17) is 0 Å². The zero-order chi connectivity index (χ0) is 11.0. The molecule has 0 spiro atoms. The van der Waals surface area contributed by atoms with Crippen LogP contribution in [0.2, 0.25) is 0 Å². The molecular weight excluding hydrogens is 281 g/mol. The van der Waals surface area contributed by atoms with Gasteiger partial charge in [0.15, 0.2) is 5.82 Å². The van der Waals surface area contributed by atoms with Gasteiger partial charge in [0.1, 0.15) is 0 Å². The van der Waals surface area contributed by atoms with Gasteiger partial charge >= 0.3 is 0 Å². The maximum atomic E-state index is 13.3. The van der Waals surface area contributed by atoms with Crippen LogP contribution in [0.1, 0.15) is 10.7 Å². The SMILES string of the molecule is Cc1ncc(-c2nc(C)c(Br)c(F)n2)s1. The molecule has 0 atom stereocenters. The van der Waals surface area contributed by atoms with Crippen LogP contribution in [0.25, 0.3) is 10.7 Å². The Morgan fingerprint density at radius 1 is 1.33 bits per heavy atom. The molecule has 3 nitrogen and oxygen atoms in total. The Bertz CT molecular complexity index is 489. The van der Waals surface area contributed by atoms with Crippen LogP contribution in [-0.4, -0.2) is 15.0 Å². The highest BCUT2D eigenvalue weighted by Gasteiger charge is 2.11. The minimum absolute atomic E-state index is 0.312. The standard InChI is InChI=1S/C9H7BrFN3S/c1-4-7(10)8(11)14-9(13-4)6-3-12-5(2)15-6/h3H,1-2H3. The van der Waals surface area contributed by atoms with Gasteiger partial charge in [-0.25, -0.2) is 9.97 Å². The third kappa shape index (κ3) is 2.05. The average Bonchev–Trinajstić information content (AvgIpc) is 2.60. The fourth-order valence-corrected chi connectivity index (χ4v) is 1.99. The molecule has 0 amide bonds. The van der Waals surface area contributed by atoms with Crippen molar-refractivity contribution in [1.29, 1.82) is 0 Å². The van der Waals surface area contributed by atoms with E-state index in [1.807, 2.05) is 6.92 Å². The van der Waals surface area contributed by atoms with E-state index in [0.717, 1.165) is 9.88 Å². The van der Waals surface area contributed by atoms with Crippen molar-refractivity contribution in [3.63, 3.8) is 0 Å². The van der Waals surface area contributed by atoms with E-state index in [0.29, 0.717) is 16.0 Å². The Hall–Kier alpha value is -0.880. The molecule has 0 saturated carbocycles. The summed E-state index contributed by atoms with van der Waals surface area (Å²) >= 11 is 4.52. The van der Waals surface area contributed by atoms with Gasteiger partial charge in [-0.05, 0) is 29.8 Å². The lowest BCUT2D eigenvalue weighted by Crippen LogP contribution is -1.96. The molecule has 0 N–H and O–H groups in total. The Kier molecular flexibility index (Phi) is 2.79. The third-order valence-corrected chi connectivity index (χ3v) is 3.63. The van der Waals surface area contributed by atoms with E-state index in [1.54, 1.807) is 13.1 Å². The summed E-state index contributed by atoms with van der Waals surface area (Å²) in [5.41, 5.74) is 0.587. The lowest BCUT2D eigenvalue weighted by Gasteiger charge is -2.01. The number of aryl methyl sites for hydroxylation is 2. The smallest absolute Gasteiger partial charge is 0.231 e. The van der Waals surface area contributed by atoms with Gasteiger partial charge in [-0.15, -0.1) is 11.3 Å². The molecule has 0 radical (unpaired) electrons. The minimum atomic E-state index is -0.538. The van der Waals surface area contributed by atoms with E-state index in [9.17, 15) is 4.39 Å². The predicted octanol–water partition coefficient (Wildman–Crippen LogP) is 3.12. The molecule has 0 unspecified atom stereocenters. The quantitative estimate of drug-likeness (QED) is 0.757. The van der Waals surface area contributed by atoms with Crippen molar-refractivity contribution in [1.82, 2.24) is 15.0 Å². The first-order chi connectivity index (χ1) is 7.08. The summed E-state index contributed by atoms with van der Waals surface area (Å²) in [6.45, 7) is 3.61. The Morgan fingerprint density at radius 3 is 2.60 bits per heavy atom. The fraction of sp³-hybridized carbons (Fsp3) is 0.222. The highest BCUT2D eigenvalue weighted by Crippen LogP contribution is 2.25. The van der Waals surface area contributed by atoms with Crippen LogP contribution >= 0.6 is 27.3 Å². The first kappa shape index (κ1) is 10.6. The van der Waals surface area contributed by atoms with Crippen LogP contribution in [0.15, 0.2) is 10.7 Å². The Balaban J connectivity index is 2.55. The summed E-state index contributed by atoms with van der Waals surface area (Å²) in [6.07, 6.45) is 1.65. The van der Waals surface area contributed by atoms with Crippen molar-refractivity contribution in [2.24, 2.45) is 0 Å². The molecular formula is C9H7BrFN3S. The van der Waals surface area contributed by atoms with E-state index >= 15 is 0 Å². The molecule has 0 aromatic carbocycles. The van der Waals surface area contributed by atoms with Crippen LogP contribution < -0.4 is 0 Å². The van der Waals surface area contributed by atoms with E-state index in [1.165, 1.54) is 11.3 Å². The van der Waals surface area contributed by atoms with E-state index in [2.05, 4.69) is 30.9 Å². The molecule has 0 aliphatic heterocycles. The minimum Gasteiger partial charge on any atom is -0.249 e. The Morgan fingerprint density at radius 2 is 2.07 bits per heavy atom. The number of aromatic nitrogens is 3. The molecule has 2 aromatic heterocycles. The molecule has 2 rings (SSSR count). The topological polar surface area (TPSA) is 38.7 Å². The van der Waals surface area contributed by atoms with E-state index < -0.39 is 5.95 Å². The van der Waals surface area contributed by atoms with Crippen molar-refractivity contribution in [2.45, 2.75) is 13.8 Å². The van der Waals surface area contributed by atoms with Gasteiger partial charge in [0.25, 0.3) is 0 Å². The molecule has 15 heavy (non-hydrogen) atoms. The molecule has 0 fully saturated rings. The van der Waals surface area contributed by atoms with Gasteiger partial charge in [-0.1, -0.05) is 0 Å².